The van der Waals surface area contributed by atoms with Gasteiger partial charge in [0.2, 0.25) is 5.82 Å². The zero-order chi connectivity index (χ0) is 32.4. The summed E-state index contributed by atoms with van der Waals surface area (Å²) < 4.78 is 37.4. The minimum absolute atomic E-state index is 0.101. The van der Waals surface area contributed by atoms with Crippen molar-refractivity contribution in [2.45, 2.75) is 0 Å². The summed E-state index contributed by atoms with van der Waals surface area (Å²) in [5.41, 5.74) is 1.43. The van der Waals surface area contributed by atoms with E-state index < -0.39 is 23.9 Å². The molecule has 0 saturated carbocycles. The third-order valence-electron chi connectivity index (χ3n) is 6.88. The van der Waals surface area contributed by atoms with Crippen molar-refractivity contribution in [2.24, 2.45) is 5.10 Å². The highest BCUT2D eigenvalue weighted by atomic mass is 79.9. The number of ether oxygens (including phenoxy) is 3. The normalized spacial score (nSPS) is 11.3. The van der Waals surface area contributed by atoms with E-state index in [1.165, 1.54) is 37.6 Å². The maximum absolute atomic E-state index is 13.7. The lowest BCUT2D eigenvalue weighted by Gasteiger charge is -2.15. The lowest BCUT2D eigenvalue weighted by atomic mass is 10.2. The lowest BCUT2D eigenvalue weighted by molar-refractivity contribution is -0.118. The number of carbonyl (C=O) groups excluding carboxylic acids is 1. The van der Waals surface area contributed by atoms with Gasteiger partial charge in [0.25, 0.3) is 11.5 Å². The SMILES string of the molecule is COc1cc(C=Nn2c(-c3cc4c(OC)cccc4o3)nc3ccccc3c2=O)c(Br)c(Cl)c1OCC(=O)Nc1ccc(F)cc1. The summed E-state index contributed by atoms with van der Waals surface area (Å²) in [7, 11) is 2.98. The Balaban J connectivity index is 1.35. The predicted molar refractivity (Wildman–Crippen MR) is 177 cm³/mol. The van der Waals surface area contributed by atoms with Gasteiger partial charge in [0.05, 0.1) is 36.7 Å². The molecule has 13 heteroatoms. The molecule has 6 aromatic rings. The maximum atomic E-state index is 13.7. The molecule has 0 aliphatic carbocycles. The number of nitrogens with zero attached hydrogens (tertiary/aromatic N) is 3. The Hall–Kier alpha value is -5.20. The van der Waals surface area contributed by atoms with E-state index in [-0.39, 0.29) is 22.3 Å². The molecule has 1 N–H and O–H groups in total. The van der Waals surface area contributed by atoms with E-state index in [9.17, 15) is 14.0 Å². The number of amides is 1. The Morgan fingerprint density at radius 1 is 1.04 bits per heavy atom. The van der Waals surface area contributed by atoms with Gasteiger partial charge in [-0.25, -0.2) is 9.37 Å². The average molecular weight is 706 g/mol. The van der Waals surface area contributed by atoms with Crippen LogP contribution in [0.15, 0.2) is 97.6 Å². The third kappa shape index (κ3) is 6.04. The molecule has 0 radical (unpaired) electrons. The molecule has 2 aromatic heterocycles. The van der Waals surface area contributed by atoms with Crippen LogP contribution in [-0.4, -0.2) is 42.6 Å². The molecule has 6 rings (SSSR count). The number of halogens is 3. The van der Waals surface area contributed by atoms with Gasteiger partial charge in [-0.2, -0.15) is 9.78 Å². The van der Waals surface area contributed by atoms with E-state index in [0.29, 0.717) is 49.1 Å². The number of methoxy groups -OCH3 is 2. The summed E-state index contributed by atoms with van der Waals surface area (Å²) in [5.74, 6) is 0.461. The highest BCUT2D eigenvalue weighted by Crippen LogP contribution is 2.42. The van der Waals surface area contributed by atoms with Crippen LogP contribution in [0.25, 0.3) is 33.5 Å². The third-order valence-corrected chi connectivity index (χ3v) is 8.32. The van der Waals surface area contributed by atoms with E-state index in [1.807, 2.05) is 0 Å². The van der Waals surface area contributed by atoms with Gasteiger partial charge in [-0.3, -0.25) is 9.59 Å². The highest BCUT2D eigenvalue weighted by molar-refractivity contribution is 9.10. The number of carbonyl (C=O) groups is 1. The first-order valence-electron chi connectivity index (χ1n) is 13.6. The van der Waals surface area contributed by atoms with Crippen molar-refractivity contribution in [3.8, 4) is 28.8 Å². The summed E-state index contributed by atoms with van der Waals surface area (Å²) in [6.45, 7) is -0.406. The molecular weight excluding hydrogens is 683 g/mol. The van der Waals surface area contributed by atoms with E-state index in [4.69, 9.17) is 35.2 Å². The number of hydrogen-bond acceptors (Lipinski definition) is 8. The molecule has 0 bridgehead atoms. The lowest BCUT2D eigenvalue weighted by Crippen LogP contribution is -2.20. The van der Waals surface area contributed by atoms with Gasteiger partial charge in [-0.15, -0.1) is 0 Å². The first kappa shape index (κ1) is 30.8. The number of para-hydroxylation sites is 1. The zero-order valence-electron chi connectivity index (χ0n) is 24.2. The number of benzene rings is 4. The molecule has 0 atom stereocenters. The smallest absolute Gasteiger partial charge is 0.282 e. The van der Waals surface area contributed by atoms with E-state index in [1.54, 1.807) is 61.7 Å². The second-order valence-electron chi connectivity index (χ2n) is 9.77. The monoisotopic (exact) mass is 704 g/mol. The largest absolute Gasteiger partial charge is 0.496 e. The van der Waals surface area contributed by atoms with Crippen LogP contribution < -0.4 is 25.1 Å². The van der Waals surface area contributed by atoms with Crippen LogP contribution in [0.5, 0.6) is 17.2 Å². The summed E-state index contributed by atoms with van der Waals surface area (Å²) in [5, 5.41) is 8.28. The first-order chi connectivity index (χ1) is 22.3. The molecule has 4 aromatic carbocycles. The van der Waals surface area contributed by atoms with Gasteiger partial charge in [-0.05, 0) is 76.6 Å². The molecular formula is C33H23BrClFN4O6. The molecule has 0 unspecified atom stereocenters. The van der Waals surface area contributed by atoms with Crippen LogP contribution in [0.1, 0.15) is 5.56 Å². The summed E-state index contributed by atoms with van der Waals surface area (Å²) in [6, 6.07) is 21.0. The van der Waals surface area contributed by atoms with Crippen molar-refractivity contribution in [1.82, 2.24) is 9.66 Å². The van der Waals surface area contributed by atoms with Gasteiger partial charge in [0, 0.05) is 15.7 Å². The van der Waals surface area contributed by atoms with Crippen molar-refractivity contribution in [2.75, 3.05) is 26.1 Å². The van der Waals surface area contributed by atoms with Gasteiger partial charge < -0.3 is 23.9 Å². The molecule has 2 heterocycles. The van der Waals surface area contributed by atoms with E-state index >= 15 is 0 Å². The van der Waals surface area contributed by atoms with Gasteiger partial charge in [-0.1, -0.05) is 29.8 Å². The fourth-order valence-electron chi connectivity index (χ4n) is 4.69. The summed E-state index contributed by atoms with van der Waals surface area (Å²) in [4.78, 5) is 30.9. The molecule has 0 saturated heterocycles. The molecule has 0 fully saturated rings. The van der Waals surface area contributed by atoms with E-state index in [2.05, 4.69) is 26.3 Å². The molecule has 0 aliphatic rings. The van der Waals surface area contributed by atoms with Crippen molar-refractivity contribution >= 4 is 67.2 Å². The Labute approximate surface area is 274 Å². The number of anilines is 1. The molecule has 10 nitrogen and oxygen atoms in total. The number of furan rings is 1. The highest BCUT2D eigenvalue weighted by Gasteiger charge is 2.20. The second kappa shape index (κ2) is 13.0. The summed E-state index contributed by atoms with van der Waals surface area (Å²) >= 11 is 10.1. The Bertz CT molecular complexity index is 2200. The van der Waals surface area contributed by atoms with Crippen LogP contribution >= 0.6 is 27.5 Å². The number of fused-ring (bicyclic) bond motifs is 2. The number of rotatable bonds is 9. The second-order valence-corrected chi connectivity index (χ2v) is 10.9. The number of hydrogen-bond donors (Lipinski definition) is 1. The Morgan fingerprint density at radius 2 is 1.80 bits per heavy atom. The summed E-state index contributed by atoms with van der Waals surface area (Å²) in [6.07, 6.45) is 1.41. The molecule has 1 amide bonds. The Kier molecular flexibility index (Phi) is 8.73. The van der Waals surface area contributed by atoms with Crippen LogP contribution in [0, 0.1) is 5.82 Å². The van der Waals surface area contributed by atoms with Crippen molar-refractivity contribution < 1.29 is 27.8 Å². The van der Waals surface area contributed by atoms with Crippen LogP contribution in [0.2, 0.25) is 5.02 Å². The number of aromatic nitrogens is 2. The minimum Gasteiger partial charge on any atom is -0.496 e. The quantitative estimate of drug-likeness (QED) is 0.157. The molecule has 46 heavy (non-hydrogen) atoms. The molecule has 0 spiro atoms. The van der Waals surface area contributed by atoms with Crippen LogP contribution in [0.3, 0.4) is 0 Å². The maximum Gasteiger partial charge on any atom is 0.282 e. The fraction of sp³-hybridized carbons (Fsp3) is 0.0909. The predicted octanol–water partition coefficient (Wildman–Crippen LogP) is 7.28. The van der Waals surface area contributed by atoms with E-state index in [0.717, 1.165) is 4.68 Å². The van der Waals surface area contributed by atoms with Gasteiger partial charge in [0.1, 0.15) is 22.2 Å². The minimum atomic E-state index is -0.495. The number of nitrogens with one attached hydrogen (secondary N) is 1. The fourth-order valence-corrected chi connectivity index (χ4v) is 5.34. The topological polar surface area (TPSA) is 117 Å². The Morgan fingerprint density at radius 3 is 2.57 bits per heavy atom. The van der Waals surface area contributed by atoms with Crippen molar-refractivity contribution in [3.63, 3.8) is 0 Å². The average Bonchev–Trinajstić information content (AvgIpc) is 3.51. The van der Waals surface area contributed by atoms with Gasteiger partial charge >= 0.3 is 0 Å². The first-order valence-corrected chi connectivity index (χ1v) is 14.8. The molecule has 0 aliphatic heterocycles. The van der Waals surface area contributed by atoms with Gasteiger partial charge in [0.15, 0.2) is 23.9 Å². The van der Waals surface area contributed by atoms with Crippen LogP contribution in [0.4, 0.5) is 10.1 Å². The molecule has 232 valence electrons. The standard InChI is InChI=1S/C33H23BrClFN4O6/c1-43-24-8-5-9-25-22(24)15-27(46-25)32-39-23-7-4-3-6-21(23)33(42)40(32)37-16-18-14-26(44-2)31(30(35)29(18)34)45-17-28(41)38-20-12-10-19(36)11-13-20/h3-16H,17H2,1-2H3,(H,38,41). The van der Waals surface area contributed by atoms with Crippen molar-refractivity contribution in [3.05, 3.63) is 110 Å². The van der Waals surface area contributed by atoms with Crippen LogP contribution in [-0.2, 0) is 4.79 Å². The zero-order valence-corrected chi connectivity index (χ0v) is 26.6. The van der Waals surface area contributed by atoms with Crippen molar-refractivity contribution in [1.29, 1.82) is 0 Å².